The molecule has 2 aromatic carbocycles. The van der Waals surface area contributed by atoms with Crippen molar-refractivity contribution < 1.29 is 9.53 Å². The Bertz CT molecular complexity index is 1140. The van der Waals surface area contributed by atoms with Crippen LogP contribution < -0.4 is 4.74 Å². The third kappa shape index (κ3) is 4.31. The average Bonchev–Trinajstić information content (AvgIpc) is 3.59. The molecule has 0 bridgehead atoms. The third-order valence-electron chi connectivity index (χ3n) is 6.80. The molecule has 2 atom stereocenters. The number of benzene rings is 2. The second-order valence-electron chi connectivity index (χ2n) is 8.82. The zero-order valence-electron chi connectivity index (χ0n) is 19.2. The maximum absolute atomic E-state index is 13.6. The molecule has 0 spiro atoms. The van der Waals surface area contributed by atoms with Crippen LogP contribution in [0.5, 0.6) is 5.75 Å². The van der Waals surface area contributed by atoms with E-state index < -0.39 is 0 Å². The van der Waals surface area contributed by atoms with Crippen LogP contribution in [0.2, 0.25) is 0 Å². The standard InChI is InChI=1S/C27H30N4O2/c1-29-16-6-10-24(29)25-11-7-17-30(25)19-27(32)31-26(21-12-14-22(33-2)15-13-21)18-23(28-31)20-8-4-3-5-9-20/h3-6,8-10,12-16,25-26H,7,11,17-19H2,1-2H3/t25-,26-/m1/s1. The number of nitrogens with zero attached hydrogens (tertiary/aromatic N) is 4. The van der Waals surface area contributed by atoms with Gasteiger partial charge in [-0.2, -0.15) is 5.10 Å². The molecule has 0 N–H and O–H groups in total. The molecule has 0 unspecified atom stereocenters. The van der Waals surface area contributed by atoms with Crippen LogP contribution in [0.15, 0.2) is 78.0 Å². The quantitative estimate of drug-likeness (QED) is 0.563. The lowest BCUT2D eigenvalue weighted by atomic mass is 9.98. The van der Waals surface area contributed by atoms with Crippen LogP contribution in [0.25, 0.3) is 0 Å². The first-order chi connectivity index (χ1) is 16.1. The normalized spacial score (nSPS) is 20.8. The summed E-state index contributed by atoms with van der Waals surface area (Å²) in [5.41, 5.74) is 4.35. The van der Waals surface area contributed by atoms with Crippen molar-refractivity contribution in [3.8, 4) is 5.75 Å². The molecule has 0 radical (unpaired) electrons. The van der Waals surface area contributed by atoms with Crippen LogP contribution in [0.4, 0.5) is 0 Å². The highest BCUT2D eigenvalue weighted by Gasteiger charge is 2.36. The van der Waals surface area contributed by atoms with E-state index in [4.69, 9.17) is 9.84 Å². The molecule has 5 rings (SSSR count). The zero-order chi connectivity index (χ0) is 22.8. The van der Waals surface area contributed by atoms with E-state index >= 15 is 0 Å². The van der Waals surface area contributed by atoms with Crippen LogP contribution >= 0.6 is 0 Å². The van der Waals surface area contributed by atoms with E-state index in [1.165, 1.54) is 5.69 Å². The summed E-state index contributed by atoms with van der Waals surface area (Å²) in [5.74, 6) is 0.851. The fourth-order valence-corrected chi connectivity index (χ4v) is 5.05. The minimum Gasteiger partial charge on any atom is -0.497 e. The van der Waals surface area contributed by atoms with E-state index in [2.05, 4.69) is 47.0 Å². The lowest BCUT2D eigenvalue weighted by molar-refractivity contribution is -0.134. The molecular formula is C27H30N4O2. The predicted molar refractivity (Wildman–Crippen MR) is 129 cm³/mol. The minimum absolute atomic E-state index is 0.0443. The Morgan fingerprint density at radius 2 is 1.82 bits per heavy atom. The van der Waals surface area contributed by atoms with Crippen molar-refractivity contribution >= 4 is 11.6 Å². The van der Waals surface area contributed by atoms with Gasteiger partial charge in [0.05, 0.1) is 31.4 Å². The predicted octanol–water partition coefficient (Wildman–Crippen LogP) is 4.55. The lowest BCUT2D eigenvalue weighted by Crippen LogP contribution is -2.38. The first-order valence-electron chi connectivity index (χ1n) is 11.6. The van der Waals surface area contributed by atoms with Crippen LogP contribution in [-0.4, -0.2) is 46.3 Å². The first-order valence-corrected chi connectivity index (χ1v) is 11.6. The number of aromatic nitrogens is 1. The minimum atomic E-state index is -0.116. The van der Waals surface area contributed by atoms with E-state index in [1.54, 1.807) is 12.1 Å². The van der Waals surface area contributed by atoms with E-state index in [0.717, 1.165) is 42.0 Å². The first kappa shape index (κ1) is 21.5. The van der Waals surface area contributed by atoms with Crippen molar-refractivity contribution in [3.05, 3.63) is 89.7 Å². The molecule has 1 saturated heterocycles. The number of amides is 1. The number of ether oxygens (including phenoxy) is 1. The van der Waals surface area contributed by atoms with Crippen LogP contribution in [0, 0.1) is 0 Å². The van der Waals surface area contributed by atoms with Gasteiger partial charge in [-0.1, -0.05) is 42.5 Å². The van der Waals surface area contributed by atoms with Crippen LogP contribution in [0.1, 0.15) is 48.2 Å². The fraction of sp³-hybridized carbons (Fsp3) is 0.333. The fourth-order valence-electron chi connectivity index (χ4n) is 5.05. The largest absolute Gasteiger partial charge is 0.497 e. The van der Waals surface area contributed by atoms with Gasteiger partial charge in [-0.25, -0.2) is 5.01 Å². The van der Waals surface area contributed by atoms with Crippen LogP contribution in [0.3, 0.4) is 0 Å². The Balaban J connectivity index is 1.41. The summed E-state index contributed by atoms with van der Waals surface area (Å²) in [5, 5.41) is 6.56. The molecule has 1 fully saturated rings. The van der Waals surface area contributed by atoms with Gasteiger partial charge in [-0.3, -0.25) is 9.69 Å². The number of methoxy groups -OCH3 is 1. The van der Waals surface area contributed by atoms with Gasteiger partial charge in [-0.05, 0) is 54.8 Å². The Morgan fingerprint density at radius 3 is 2.52 bits per heavy atom. The molecule has 1 amide bonds. The molecule has 1 aromatic heterocycles. The van der Waals surface area contributed by atoms with Crippen molar-refractivity contribution in [1.82, 2.24) is 14.5 Å². The Kier molecular flexibility index (Phi) is 6.01. The van der Waals surface area contributed by atoms with Gasteiger partial charge < -0.3 is 9.30 Å². The molecule has 0 aliphatic carbocycles. The zero-order valence-corrected chi connectivity index (χ0v) is 19.2. The van der Waals surface area contributed by atoms with Gasteiger partial charge >= 0.3 is 0 Å². The maximum atomic E-state index is 13.6. The molecular weight excluding hydrogens is 412 g/mol. The van der Waals surface area contributed by atoms with Gasteiger partial charge in [0.1, 0.15) is 5.75 Å². The van der Waals surface area contributed by atoms with Crippen molar-refractivity contribution in [1.29, 1.82) is 0 Å². The summed E-state index contributed by atoms with van der Waals surface area (Å²) in [7, 11) is 3.74. The smallest absolute Gasteiger partial charge is 0.257 e. The second-order valence-corrected chi connectivity index (χ2v) is 8.82. The highest BCUT2D eigenvalue weighted by Crippen LogP contribution is 2.36. The molecule has 0 saturated carbocycles. The van der Waals surface area contributed by atoms with E-state index in [-0.39, 0.29) is 18.0 Å². The maximum Gasteiger partial charge on any atom is 0.257 e. The summed E-state index contributed by atoms with van der Waals surface area (Å²) in [6.45, 7) is 1.30. The molecule has 170 valence electrons. The topological polar surface area (TPSA) is 50.1 Å². The molecule has 6 nitrogen and oxygen atoms in total. The number of carbonyl (C=O) groups excluding carboxylic acids is 1. The summed E-state index contributed by atoms with van der Waals surface area (Å²) in [4.78, 5) is 15.9. The van der Waals surface area contributed by atoms with Crippen molar-refractivity contribution in [2.24, 2.45) is 12.1 Å². The van der Waals surface area contributed by atoms with E-state index in [0.29, 0.717) is 13.0 Å². The number of aryl methyl sites for hydroxylation is 1. The summed E-state index contributed by atoms with van der Waals surface area (Å²) in [6.07, 6.45) is 4.95. The van der Waals surface area contributed by atoms with Gasteiger partial charge in [0, 0.05) is 25.4 Å². The Hall–Kier alpha value is -3.38. The summed E-state index contributed by atoms with van der Waals surface area (Å²) >= 11 is 0. The number of hydrazone groups is 1. The third-order valence-corrected chi connectivity index (χ3v) is 6.80. The monoisotopic (exact) mass is 442 g/mol. The number of rotatable bonds is 6. The highest BCUT2D eigenvalue weighted by atomic mass is 16.5. The lowest BCUT2D eigenvalue weighted by Gasteiger charge is -2.28. The number of hydrogen-bond donors (Lipinski definition) is 0. The van der Waals surface area contributed by atoms with Crippen LogP contribution in [-0.2, 0) is 11.8 Å². The molecule has 3 aromatic rings. The van der Waals surface area contributed by atoms with Crippen molar-refractivity contribution in [2.45, 2.75) is 31.3 Å². The summed E-state index contributed by atoms with van der Waals surface area (Å²) in [6, 6.07) is 22.5. The van der Waals surface area contributed by atoms with Crippen molar-refractivity contribution in [2.75, 3.05) is 20.2 Å². The molecule has 2 aliphatic heterocycles. The molecule has 33 heavy (non-hydrogen) atoms. The van der Waals surface area contributed by atoms with Crippen molar-refractivity contribution in [3.63, 3.8) is 0 Å². The average molecular weight is 443 g/mol. The second kappa shape index (κ2) is 9.24. The summed E-state index contributed by atoms with van der Waals surface area (Å²) < 4.78 is 7.49. The van der Waals surface area contributed by atoms with Gasteiger partial charge in [0.2, 0.25) is 0 Å². The molecule has 6 heteroatoms. The van der Waals surface area contributed by atoms with Gasteiger partial charge in [0.25, 0.3) is 5.91 Å². The molecule has 3 heterocycles. The highest BCUT2D eigenvalue weighted by molar-refractivity contribution is 6.03. The van der Waals surface area contributed by atoms with Gasteiger partial charge in [-0.15, -0.1) is 0 Å². The van der Waals surface area contributed by atoms with E-state index in [1.807, 2.05) is 42.5 Å². The Morgan fingerprint density at radius 1 is 1.03 bits per heavy atom. The number of likely N-dealkylation sites (tertiary alicyclic amines) is 1. The Labute approximate surface area is 195 Å². The molecule has 2 aliphatic rings. The number of carbonyl (C=O) groups is 1. The SMILES string of the molecule is COc1ccc([C@H]2CC(c3ccccc3)=NN2C(=O)CN2CCC[C@@H]2c2cccn2C)cc1. The van der Waals surface area contributed by atoms with E-state index in [9.17, 15) is 4.79 Å². The van der Waals surface area contributed by atoms with Gasteiger partial charge in [0.15, 0.2) is 0 Å². The number of hydrogen-bond acceptors (Lipinski definition) is 4.